The summed E-state index contributed by atoms with van der Waals surface area (Å²) < 4.78 is 0. The molecule has 0 bridgehead atoms. The van der Waals surface area contributed by atoms with Gasteiger partial charge in [0.1, 0.15) is 0 Å². The second kappa shape index (κ2) is 8.73. The summed E-state index contributed by atoms with van der Waals surface area (Å²) in [6.07, 6.45) is 0.919. The van der Waals surface area contributed by atoms with E-state index in [9.17, 15) is 14.4 Å². The summed E-state index contributed by atoms with van der Waals surface area (Å²) in [4.78, 5) is 40.3. The predicted octanol–water partition coefficient (Wildman–Crippen LogP) is 1.16. The maximum Gasteiger partial charge on any atom is 0.242 e. The van der Waals surface area contributed by atoms with Gasteiger partial charge in [0.2, 0.25) is 17.7 Å². The van der Waals surface area contributed by atoms with Gasteiger partial charge in [-0.25, -0.2) is 0 Å². The van der Waals surface area contributed by atoms with Gasteiger partial charge in [-0.2, -0.15) is 0 Å². The Kier molecular flexibility index (Phi) is 6.34. The van der Waals surface area contributed by atoms with Gasteiger partial charge in [-0.3, -0.25) is 19.3 Å². The molecule has 0 unspecified atom stereocenters. The highest BCUT2D eigenvalue weighted by Gasteiger charge is 2.39. The van der Waals surface area contributed by atoms with Crippen LogP contribution in [0.15, 0.2) is 18.2 Å². The zero-order valence-electron chi connectivity index (χ0n) is 17.0. The summed E-state index contributed by atoms with van der Waals surface area (Å²) in [7, 11) is 0. The van der Waals surface area contributed by atoms with E-state index in [4.69, 9.17) is 0 Å². The van der Waals surface area contributed by atoms with E-state index in [2.05, 4.69) is 15.5 Å². The van der Waals surface area contributed by atoms with Crippen LogP contribution < -0.4 is 10.6 Å². The summed E-state index contributed by atoms with van der Waals surface area (Å²) in [6.45, 7) is 8.84. The molecule has 7 heteroatoms. The van der Waals surface area contributed by atoms with E-state index in [1.54, 1.807) is 4.90 Å². The van der Waals surface area contributed by atoms with E-state index >= 15 is 0 Å². The van der Waals surface area contributed by atoms with Crippen LogP contribution in [0.4, 0.5) is 5.69 Å². The first-order chi connectivity index (χ1) is 13.3. The van der Waals surface area contributed by atoms with Crippen LogP contribution in [0.3, 0.4) is 0 Å². The van der Waals surface area contributed by atoms with Crippen molar-refractivity contribution in [1.82, 2.24) is 15.1 Å². The largest absolute Gasteiger partial charge is 0.347 e. The summed E-state index contributed by atoms with van der Waals surface area (Å²) in [5, 5.41) is 5.75. The van der Waals surface area contributed by atoms with E-state index in [1.165, 1.54) is 0 Å². The van der Waals surface area contributed by atoms with Crippen molar-refractivity contribution in [2.75, 3.05) is 44.6 Å². The number of amides is 3. The van der Waals surface area contributed by atoms with Gasteiger partial charge in [-0.1, -0.05) is 25.1 Å². The summed E-state index contributed by atoms with van der Waals surface area (Å²) in [6, 6.07) is 5.94. The smallest absolute Gasteiger partial charge is 0.242 e. The van der Waals surface area contributed by atoms with Crippen LogP contribution in [-0.4, -0.2) is 66.8 Å². The number of piperazine rings is 1. The van der Waals surface area contributed by atoms with Gasteiger partial charge in [0.05, 0.1) is 13.1 Å². The van der Waals surface area contributed by atoms with Gasteiger partial charge >= 0.3 is 0 Å². The first kappa shape index (κ1) is 20.3. The third kappa shape index (κ3) is 5.10. The normalized spacial score (nSPS) is 21.9. The van der Waals surface area contributed by atoms with Gasteiger partial charge in [0.25, 0.3) is 0 Å². The van der Waals surface area contributed by atoms with E-state index in [0.29, 0.717) is 38.6 Å². The van der Waals surface area contributed by atoms with E-state index in [-0.39, 0.29) is 30.2 Å². The fraction of sp³-hybridized carbons (Fsp3) is 0.571. The van der Waals surface area contributed by atoms with Crippen LogP contribution in [0.5, 0.6) is 0 Å². The van der Waals surface area contributed by atoms with Crippen LogP contribution in [0.1, 0.15) is 24.5 Å². The molecule has 3 amide bonds. The molecule has 1 aromatic carbocycles. The summed E-state index contributed by atoms with van der Waals surface area (Å²) in [5.74, 6) is 0.417. The fourth-order valence-corrected chi connectivity index (χ4v) is 3.64. The van der Waals surface area contributed by atoms with Crippen molar-refractivity contribution in [3.8, 4) is 0 Å². The highest BCUT2D eigenvalue weighted by molar-refractivity contribution is 5.93. The van der Waals surface area contributed by atoms with Crippen LogP contribution in [0.2, 0.25) is 0 Å². The Morgan fingerprint density at radius 3 is 2.25 bits per heavy atom. The molecule has 1 aliphatic heterocycles. The summed E-state index contributed by atoms with van der Waals surface area (Å²) >= 11 is 0. The minimum Gasteiger partial charge on any atom is -0.347 e. The first-order valence-corrected chi connectivity index (χ1v) is 9.99. The fourth-order valence-electron chi connectivity index (χ4n) is 3.64. The number of nitrogens with one attached hydrogen (secondary N) is 2. The van der Waals surface area contributed by atoms with Crippen molar-refractivity contribution in [1.29, 1.82) is 0 Å². The molecule has 1 saturated carbocycles. The Morgan fingerprint density at radius 1 is 1.07 bits per heavy atom. The Morgan fingerprint density at radius 2 is 1.68 bits per heavy atom. The average Bonchev–Trinajstić information content (AvgIpc) is 3.40. The summed E-state index contributed by atoms with van der Waals surface area (Å²) in [5.41, 5.74) is 2.97. The Bertz CT molecular complexity index is 736. The van der Waals surface area contributed by atoms with Gasteiger partial charge in [0, 0.05) is 37.8 Å². The molecule has 2 atom stereocenters. The van der Waals surface area contributed by atoms with Gasteiger partial charge in [-0.15, -0.1) is 0 Å². The lowest BCUT2D eigenvalue weighted by atomic mass is 10.1. The topological polar surface area (TPSA) is 81.8 Å². The van der Waals surface area contributed by atoms with Crippen molar-refractivity contribution < 1.29 is 14.4 Å². The minimum absolute atomic E-state index is 0.0114. The number of nitrogens with zero attached hydrogens (tertiary/aromatic N) is 2. The average molecular weight is 386 g/mol. The molecule has 2 aliphatic rings. The van der Waals surface area contributed by atoms with Crippen LogP contribution in [-0.2, 0) is 14.4 Å². The molecule has 2 fully saturated rings. The Balaban J connectivity index is 1.39. The van der Waals surface area contributed by atoms with Crippen molar-refractivity contribution in [2.24, 2.45) is 11.8 Å². The van der Waals surface area contributed by atoms with Crippen LogP contribution in [0.25, 0.3) is 0 Å². The number of para-hydroxylation sites is 1. The number of carbonyl (C=O) groups is 3. The number of rotatable bonds is 6. The number of aryl methyl sites for hydroxylation is 2. The van der Waals surface area contributed by atoms with Crippen molar-refractivity contribution in [3.63, 3.8) is 0 Å². The molecule has 3 rings (SSSR count). The Labute approximate surface area is 166 Å². The molecule has 0 aromatic heterocycles. The molecular weight excluding hydrogens is 356 g/mol. The second-order valence-corrected chi connectivity index (χ2v) is 8.01. The number of anilines is 1. The lowest BCUT2D eigenvalue weighted by Crippen LogP contribution is -2.52. The molecule has 152 valence electrons. The highest BCUT2D eigenvalue weighted by atomic mass is 16.2. The van der Waals surface area contributed by atoms with Crippen molar-refractivity contribution in [2.45, 2.75) is 27.2 Å². The lowest BCUT2D eigenvalue weighted by molar-refractivity contribution is -0.134. The van der Waals surface area contributed by atoms with E-state index in [0.717, 1.165) is 23.2 Å². The molecule has 2 N–H and O–H groups in total. The van der Waals surface area contributed by atoms with Crippen molar-refractivity contribution >= 4 is 23.4 Å². The lowest BCUT2D eigenvalue weighted by Gasteiger charge is -2.34. The molecule has 1 saturated heterocycles. The standard InChI is InChI=1S/C21H30N4O3/c1-14-5-4-6-15(2)20(14)23-18(26)13-24-7-9-25(10-8-24)19(27)12-22-21(28)17-11-16(17)3/h4-6,16-17H,7-13H2,1-3H3,(H,22,28)(H,23,26)/t16-,17-/m1/s1. The zero-order chi connectivity index (χ0) is 20.3. The molecule has 1 aliphatic carbocycles. The Hall–Kier alpha value is -2.41. The maximum absolute atomic E-state index is 12.4. The molecule has 1 aromatic rings. The quantitative estimate of drug-likeness (QED) is 0.769. The monoisotopic (exact) mass is 386 g/mol. The first-order valence-electron chi connectivity index (χ1n) is 9.99. The van der Waals surface area contributed by atoms with Crippen molar-refractivity contribution in [3.05, 3.63) is 29.3 Å². The molecular formula is C21H30N4O3. The zero-order valence-corrected chi connectivity index (χ0v) is 17.0. The minimum atomic E-state index is -0.0544. The number of hydrogen-bond acceptors (Lipinski definition) is 4. The molecule has 7 nitrogen and oxygen atoms in total. The number of benzene rings is 1. The molecule has 1 heterocycles. The molecule has 28 heavy (non-hydrogen) atoms. The number of hydrogen-bond donors (Lipinski definition) is 2. The van der Waals surface area contributed by atoms with Crippen LogP contribution >= 0.6 is 0 Å². The third-order valence-electron chi connectivity index (χ3n) is 5.70. The van der Waals surface area contributed by atoms with Gasteiger partial charge < -0.3 is 15.5 Å². The third-order valence-corrected chi connectivity index (χ3v) is 5.70. The SMILES string of the molecule is Cc1cccc(C)c1NC(=O)CN1CCN(C(=O)CNC(=O)[C@@H]2C[C@H]2C)CC1. The van der Waals surface area contributed by atoms with E-state index < -0.39 is 0 Å². The molecule has 0 radical (unpaired) electrons. The maximum atomic E-state index is 12.4. The second-order valence-electron chi connectivity index (χ2n) is 8.01. The van der Waals surface area contributed by atoms with Gasteiger partial charge in [0.15, 0.2) is 0 Å². The number of carbonyl (C=O) groups excluding carboxylic acids is 3. The van der Waals surface area contributed by atoms with Gasteiger partial charge in [-0.05, 0) is 37.3 Å². The van der Waals surface area contributed by atoms with Crippen LogP contribution in [0, 0.1) is 25.7 Å². The molecule has 0 spiro atoms. The van der Waals surface area contributed by atoms with E-state index in [1.807, 2.05) is 39.0 Å². The predicted molar refractivity (Wildman–Crippen MR) is 108 cm³/mol. The highest BCUT2D eigenvalue weighted by Crippen LogP contribution is 2.37.